The van der Waals surface area contributed by atoms with Crippen molar-refractivity contribution in [1.29, 1.82) is 0 Å². The maximum absolute atomic E-state index is 13.6. The summed E-state index contributed by atoms with van der Waals surface area (Å²) >= 11 is 0. The lowest BCUT2D eigenvalue weighted by atomic mass is 9.98. The molecule has 0 aliphatic heterocycles. The maximum atomic E-state index is 13.6. The number of hydrogen-bond acceptors (Lipinski definition) is 3. The minimum absolute atomic E-state index is 0.116. The molecule has 0 aliphatic carbocycles. The fraction of sp³-hybridized carbons (Fsp3) is 0.133. The Hall–Kier alpha value is -2.36. The Morgan fingerprint density at radius 3 is 2.53 bits per heavy atom. The molecule has 0 amide bonds. The van der Waals surface area contributed by atoms with E-state index in [4.69, 9.17) is 10.5 Å². The fourth-order valence-corrected chi connectivity index (χ4v) is 1.90. The molecule has 0 radical (unpaired) electrons. The molecular formula is C15H14FNO2. The van der Waals surface area contributed by atoms with Gasteiger partial charge in [-0.25, -0.2) is 4.39 Å². The molecule has 0 unspecified atom stereocenters. The number of carbonyl (C=O) groups excluding carboxylic acids is 1. The van der Waals surface area contributed by atoms with Gasteiger partial charge in [0.15, 0.2) is 17.3 Å². The number of rotatable bonds is 3. The highest BCUT2D eigenvalue weighted by Gasteiger charge is 2.14. The van der Waals surface area contributed by atoms with E-state index in [1.165, 1.54) is 19.2 Å². The zero-order chi connectivity index (χ0) is 14.0. The molecule has 2 aromatic rings. The Kier molecular flexibility index (Phi) is 3.51. The Balaban J connectivity index is 2.41. The van der Waals surface area contributed by atoms with E-state index in [1.54, 1.807) is 31.2 Å². The molecule has 0 saturated carbocycles. The molecule has 0 atom stereocenters. The largest absolute Gasteiger partial charge is 0.494 e. The van der Waals surface area contributed by atoms with Crippen molar-refractivity contribution in [2.45, 2.75) is 6.92 Å². The predicted molar refractivity (Wildman–Crippen MR) is 72.0 cm³/mol. The first-order valence-electron chi connectivity index (χ1n) is 5.77. The molecule has 0 aromatic heterocycles. The van der Waals surface area contributed by atoms with E-state index in [0.29, 0.717) is 11.3 Å². The Morgan fingerprint density at radius 1 is 1.21 bits per heavy atom. The third-order valence-electron chi connectivity index (χ3n) is 2.91. The summed E-state index contributed by atoms with van der Waals surface area (Å²) in [6.45, 7) is 1.80. The first kappa shape index (κ1) is 13.1. The van der Waals surface area contributed by atoms with Gasteiger partial charge in [-0.15, -0.1) is 0 Å². The molecule has 0 spiro atoms. The standard InChI is InChI=1S/C15H14FNO2/c1-9-7-11(17)4-5-12(9)15(18)10-3-6-14(19-2)13(16)8-10/h3-8H,17H2,1-2H3. The molecule has 2 aromatic carbocycles. The van der Waals surface area contributed by atoms with Crippen molar-refractivity contribution in [2.75, 3.05) is 12.8 Å². The lowest BCUT2D eigenvalue weighted by molar-refractivity contribution is 0.103. The van der Waals surface area contributed by atoms with Crippen LogP contribution in [-0.2, 0) is 0 Å². The van der Waals surface area contributed by atoms with E-state index in [9.17, 15) is 9.18 Å². The molecule has 0 fully saturated rings. The lowest BCUT2D eigenvalue weighted by Crippen LogP contribution is -2.05. The minimum atomic E-state index is -0.554. The molecule has 0 heterocycles. The van der Waals surface area contributed by atoms with Gasteiger partial charge in [-0.1, -0.05) is 0 Å². The van der Waals surface area contributed by atoms with Gasteiger partial charge in [-0.2, -0.15) is 0 Å². The van der Waals surface area contributed by atoms with Crippen LogP contribution in [0.25, 0.3) is 0 Å². The molecule has 98 valence electrons. The van der Waals surface area contributed by atoms with Crippen LogP contribution in [0.5, 0.6) is 5.75 Å². The molecule has 2 rings (SSSR count). The molecule has 4 heteroatoms. The molecular weight excluding hydrogens is 245 g/mol. The Labute approximate surface area is 110 Å². The van der Waals surface area contributed by atoms with Crippen molar-refractivity contribution < 1.29 is 13.9 Å². The highest BCUT2D eigenvalue weighted by atomic mass is 19.1. The van der Waals surface area contributed by atoms with Gasteiger partial charge in [-0.05, 0) is 48.9 Å². The van der Waals surface area contributed by atoms with Gasteiger partial charge in [0.25, 0.3) is 0 Å². The number of hydrogen-bond donors (Lipinski definition) is 1. The molecule has 3 nitrogen and oxygen atoms in total. The first-order chi connectivity index (χ1) is 9.02. The summed E-state index contributed by atoms with van der Waals surface area (Å²) in [4.78, 5) is 12.3. The number of halogens is 1. The van der Waals surface area contributed by atoms with E-state index >= 15 is 0 Å². The molecule has 0 saturated heterocycles. The lowest BCUT2D eigenvalue weighted by Gasteiger charge is -2.07. The number of methoxy groups -OCH3 is 1. The van der Waals surface area contributed by atoms with Gasteiger partial charge in [-0.3, -0.25) is 4.79 Å². The van der Waals surface area contributed by atoms with Crippen molar-refractivity contribution in [3.8, 4) is 5.75 Å². The third-order valence-corrected chi connectivity index (χ3v) is 2.91. The van der Waals surface area contributed by atoms with Crippen molar-refractivity contribution in [3.63, 3.8) is 0 Å². The Bertz CT molecular complexity index is 638. The van der Waals surface area contributed by atoms with E-state index in [2.05, 4.69) is 0 Å². The zero-order valence-electron chi connectivity index (χ0n) is 10.7. The summed E-state index contributed by atoms with van der Waals surface area (Å²) in [6.07, 6.45) is 0. The molecule has 0 bridgehead atoms. The van der Waals surface area contributed by atoms with Crippen LogP contribution in [0.15, 0.2) is 36.4 Å². The van der Waals surface area contributed by atoms with Gasteiger partial charge in [0, 0.05) is 16.8 Å². The van der Waals surface area contributed by atoms with Gasteiger partial charge < -0.3 is 10.5 Å². The van der Waals surface area contributed by atoms with Crippen LogP contribution in [0.4, 0.5) is 10.1 Å². The maximum Gasteiger partial charge on any atom is 0.193 e. The van der Waals surface area contributed by atoms with E-state index < -0.39 is 5.82 Å². The number of carbonyl (C=O) groups is 1. The number of benzene rings is 2. The van der Waals surface area contributed by atoms with Crippen molar-refractivity contribution in [3.05, 3.63) is 58.9 Å². The second-order valence-corrected chi connectivity index (χ2v) is 4.25. The summed E-state index contributed by atoms with van der Waals surface area (Å²) in [5.74, 6) is -0.675. The topological polar surface area (TPSA) is 52.3 Å². The number of anilines is 1. The van der Waals surface area contributed by atoms with Crippen LogP contribution in [0.3, 0.4) is 0 Å². The predicted octanol–water partition coefficient (Wildman–Crippen LogP) is 2.96. The number of nitrogens with two attached hydrogens (primary N) is 1. The van der Waals surface area contributed by atoms with Crippen LogP contribution < -0.4 is 10.5 Å². The second-order valence-electron chi connectivity index (χ2n) is 4.25. The number of ketones is 1. The van der Waals surface area contributed by atoms with Crippen molar-refractivity contribution in [2.24, 2.45) is 0 Å². The SMILES string of the molecule is COc1ccc(C(=O)c2ccc(N)cc2C)cc1F. The summed E-state index contributed by atoms with van der Waals surface area (Å²) in [7, 11) is 1.38. The van der Waals surface area contributed by atoms with Crippen LogP contribution in [0, 0.1) is 12.7 Å². The number of nitrogen functional groups attached to an aromatic ring is 1. The third kappa shape index (κ3) is 2.57. The number of aryl methyl sites for hydroxylation is 1. The van der Waals surface area contributed by atoms with Crippen molar-refractivity contribution >= 4 is 11.5 Å². The summed E-state index contributed by atoms with van der Waals surface area (Å²) in [5, 5.41) is 0. The Morgan fingerprint density at radius 2 is 1.95 bits per heavy atom. The molecule has 0 aliphatic rings. The van der Waals surface area contributed by atoms with Crippen LogP contribution >= 0.6 is 0 Å². The quantitative estimate of drug-likeness (QED) is 0.681. The highest BCUT2D eigenvalue weighted by molar-refractivity contribution is 6.10. The van der Waals surface area contributed by atoms with Gasteiger partial charge in [0.2, 0.25) is 0 Å². The van der Waals surface area contributed by atoms with Crippen LogP contribution in [0.1, 0.15) is 21.5 Å². The zero-order valence-corrected chi connectivity index (χ0v) is 10.7. The monoisotopic (exact) mass is 259 g/mol. The fourth-order valence-electron chi connectivity index (χ4n) is 1.90. The van der Waals surface area contributed by atoms with Crippen LogP contribution in [0.2, 0.25) is 0 Å². The van der Waals surface area contributed by atoms with Gasteiger partial charge in [0.1, 0.15) is 0 Å². The smallest absolute Gasteiger partial charge is 0.193 e. The summed E-state index contributed by atoms with van der Waals surface area (Å²) in [6, 6.07) is 9.18. The summed E-state index contributed by atoms with van der Waals surface area (Å²) in [5.41, 5.74) is 7.79. The second kappa shape index (κ2) is 5.10. The highest BCUT2D eigenvalue weighted by Crippen LogP contribution is 2.21. The summed E-state index contributed by atoms with van der Waals surface area (Å²) < 4.78 is 18.4. The van der Waals surface area contributed by atoms with Gasteiger partial charge in [0.05, 0.1) is 7.11 Å². The minimum Gasteiger partial charge on any atom is -0.494 e. The van der Waals surface area contributed by atoms with Crippen molar-refractivity contribution in [1.82, 2.24) is 0 Å². The average molecular weight is 259 g/mol. The van der Waals surface area contributed by atoms with E-state index in [0.717, 1.165) is 5.56 Å². The van der Waals surface area contributed by atoms with Gasteiger partial charge >= 0.3 is 0 Å². The van der Waals surface area contributed by atoms with E-state index in [-0.39, 0.29) is 17.1 Å². The van der Waals surface area contributed by atoms with E-state index in [1.807, 2.05) is 0 Å². The number of ether oxygens (including phenoxy) is 1. The normalized spacial score (nSPS) is 10.3. The van der Waals surface area contributed by atoms with Crippen LogP contribution in [-0.4, -0.2) is 12.9 Å². The first-order valence-corrected chi connectivity index (χ1v) is 5.77. The molecule has 2 N–H and O–H groups in total. The average Bonchev–Trinajstić information content (AvgIpc) is 2.38. The molecule has 19 heavy (non-hydrogen) atoms.